The molecule has 0 spiro atoms. The van der Waals surface area contributed by atoms with Gasteiger partial charge in [-0.1, -0.05) is 29.4 Å². The smallest absolute Gasteiger partial charge is 0.223 e. The van der Waals surface area contributed by atoms with Gasteiger partial charge in [0.05, 0.1) is 6.10 Å². The molecule has 2 aromatic rings. The highest BCUT2D eigenvalue weighted by molar-refractivity contribution is 5.54. The lowest BCUT2D eigenvalue weighted by molar-refractivity contribution is 0.0243. The van der Waals surface area contributed by atoms with E-state index in [1.54, 1.807) is 31.2 Å². The monoisotopic (exact) mass is 249 g/mol. The quantitative estimate of drug-likeness (QED) is 0.724. The third-order valence-corrected chi connectivity index (χ3v) is 2.64. The molecule has 0 fully saturated rings. The van der Waals surface area contributed by atoms with Gasteiger partial charge < -0.3 is 20.5 Å². The summed E-state index contributed by atoms with van der Waals surface area (Å²) in [7, 11) is 0. The number of aliphatic hydroxyl groups is 2. The lowest BCUT2D eigenvalue weighted by Gasteiger charge is -2.16. The Labute approximate surface area is 104 Å². The van der Waals surface area contributed by atoms with Gasteiger partial charge in [-0.05, 0) is 5.56 Å². The first-order valence-corrected chi connectivity index (χ1v) is 5.58. The number of hydrogen-bond donors (Lipinski definition) is 3. The van der Waals surface area contributed by atoms with Crippen molar-refractivity contribution in [1.29, 1.82) is 0 Å². The van der Waals surface area contributed by atoms with E-state index in [-0.39, 0.29) is 6.54 Å². The number of benzene rings is 1. The molecule has 0 aliphatic rings. The molecule has 0 aliphatic carbocycles. The van der Waals surface area contributed by atoms with Gasteiger partial charge in [0.15, 0.2) is 0 Å². The van der Waals surface area contributed by atoms with E-state index in [4.69, 9.17) is 10.3 Å². The Morgan fingerprint density at radius 2 is 1.94 bits per heavy atom. The number of hydrogen-bond acceptors (Lipinski definition) is 6. The van der Waals surface area contributed by atoms with E-state index in [1.165, 1.54) is 0 Å². The second-order valence-electron chi connectivity index (χ2n) is 4.01. The summed E-state index contributed by atoms with van der Waals surface area (Å²) in [5.41, 5.74) is 6.67. The summed E-state index contributed by atoms with van der Waals surface area (Å²) in [5.74, 6) is 0.987. The van der Waals surface area contributed by atoms with Crippen molar-refractivity contribution >= 4 is 0 Å². The summed E-state index contributed by atoms with van der Waals surface area (Å²) in [6, 6.07) is 6.91. The van der Waals surface area contributed by atoms with Crippen molar-refractivity contribution in [3.63, 3.8) is 0 Å². The first-order valence-electron chi connectivity index (χ1n) is 5.58. The van der Waals surface area contributed by atoms with Crippen molar-refractivity contribution in [2.45, 2.75) is 19.1 Å². The van der Waals surface area contributed by atoms with Crippen LogP contribution < -0.4 is 5.73 Å². The fraction of sp³-hybridized carbons (Fsp3) is 0.333. The zero-order valence-corrected chi connectivity index (χ0v) is 9.95. The Kier molecular flexibility index (Phi) is 3.71. The Morgan fingerprint density at radius 1 is 1.28 bits per heavy atom. The van der Waals surface area contributed by atoms with Gasteiger partial charge in [0.2, 0.25) is 11.7 Å². The predicted octanol–water partition coefficient (Wildman–Crippen LogP) is 0.398. The minimum Gasteiger partial charge on any atom is -0.389 e. The van der Waals surface area contributed by atoms with E-state index in [0.717, 1.165) is 5.56 Å². The summed E-state index contributed by atoms with van der Waals surface area (Å²) in [6.45, 7) is 1.72. The summed E-state index contributed by atoms with van der Waals surface area (Å²) < 4.78 is 4.89. The zero-order valence-electron chi connectivity index (χ0n) is 9.95. The zero-order chi connectivity index (χ0) is 13.1. The van der Waals surface area contributed by atoms with Crippen molar-refractivity contribution in [2.75, 3.05) is 6.54 Å². The predicted molar refractivity (Wildman–Crippen MR) is 64.5 cm³/mol. The van der Waals surface area contributed by atoms with Gasteiger partial charge in [-0.3, -0.25) is 0 Å². The molecule has 0 saturated carbocycles. The topological polar surface area (TPSA) is 105 Å². The number of nitrogens with zero attached hydrogens (tertiary/aromatic N) is 2. The van der Waals surface area contributed by atoms with Gasteiger partial charge in [0, 0.05) is 19.0 Å². The Bertz CT molecular complexity index is 510. The molecule has 2 unspecified atom stereocenters. The second kappa shape index (κ2) is 5.26. The Morgan fingerprint density at radius 3 is 2.44 bits per heavy atom. The Balaban J connectivity index is 2.20. The molecule has 0 saturated heterocycles. The van der Waals surface area contributed by atoms with E-state index in [2.05, 4.69) is 10.1 Å². The largest absolute Gasteiger partial charge is 0.389 e. The summed E-state index contributed by atoms with van der Waals surface area (Å²) in [6.07, 6.45) is -1.96. The maximum absolute atomic E-state index is 9.77. The van der Waals surface area contributed by atoms with E-state index < -0.39 is 12.2 Å². The maximum Gasteiger partial charge on any atom is 0.223 e. The normalized spacial score (nSPS) is 14.4. The van der Waals surface area contributed by atoms with Crippen molar-refractivity contribution in [2.24, 2.45) is 5.73 Å². The van der Waals surface area contributed by atoms with Gasteiger partial charge in [-0.2, -0.15) is 4.98 Å². The van der Waals surface area contributed by atoms with E-state index in [0.29, 0.717) is 17.3 Å². The number of aryl methyl sites for hydroxylation is 1. The van der Waals surface area contributed by atoms with Crippen LogP contribution >= 0.6 is 0 Å². The minimum absolute atomic E-state index is 0.00690. The molecule has 0 amide bonds. The summed E-state index contributed by atoms with van der Waals surface area (Å²) >= 11 is 0. The molecule has 4 N–H and O–H groups in total. The van der Waals surface area contributed by atoms with E-state index in [9.17, 15) is 10.2 Å². The number of aliphatic hydroxyl groups excluding tert-OH is 2. The highest BCUT2D eigenvalue weighted by atomic mass is 16.5. The van der Waals surface area contributed by atoms with Crippen molar-refractivity contribution in [3.8, 4) is 11.4 Å². The lowest BCUT2D eigenvalue weighted by atomic mass is 10.0. The molecular weight excluding hydrogens is 234 g/mol. The molecule has 1 aromatic heterocycles. The molecule has 18 heavy (non-hydrogen) atoms. The van der Waals surface area contributed by atoms with E-state index in [1.807, 2.05) is 0 Å². The summed E-state index contributed by atoms with van der Waals surface area (Å²) in [4.78, 5) is 4.10. The maximum atomic E-state index is 9.77. The van der Waals surface area contributed by atoms with Crippen molar-refractivity contribution in [1.82, 2.24) is 10.1 Å². The van der Waals surface area contributed by atoms with Crippen LogP contribution in [-0.2, 0) is 0 Å². The molecule has 6 heteroatoms. The highest BCUT2D eigenvalue weighted by Crippen LogP contribution is 2.21. The SMILES string of the molecule is Cc1nc(-c2ccc(C(O)C(O)CN)cc2)no1. The average molecular weight is 249 g/mol. The molecule has 1 heterocycles. The van der Waals surface area contributed by atoms with Crippen LogP contribution in [0.1, 0.15) is 17.6 Å². The molecule has 6 nitrogen and oxygen atoms in total. The molecule has 96 valence electrons. The van der Waals surface area contributed by atoms with Gasteiger partial charge in [0.1, 0.15) is 6.10 Å². The van der Waals surface area contributed by atoms with Crippen LogP contribution in [0, 0.1) is 6.92 Å². The summed E-state index contributed by atoms with van der Waals surface area (Å²) in [5, 5.41) is 23.0. The molecule has 0 radical (unpaired) electrons. The van der Waals surface area contributed by atoms with Crippen molar-refractivity contribution in [3.05, 3.63) is 35.7 Å². The molecular formula is C12H15N3O3. The van der Waals surface area contributed by atoms with Gasteiger partial charge in [-0.15, -0.1) is 0 Å². The average Bonchev–Trinajstić information content (AvgIpc) is 2.84. The van der Waals surface area contributed by atoms with Crippen molar-refractivity contribution < 1.29 is 14.7 Å². The van der Waals surface area contributed by atoms with Gasteiger partial charge >= 0.3 is 0 Å². The fourth-order valence-corrected chi connectivity index (χ4v) is 1.60. The first-order chi connectivity index (χ1) is 8.61. The third-order valence-electron chi connectivity index (χ3n) is 2.64. The second-order valence-corrected chi connectivity index (χ2v) is 4.01. The lowest BCUT2D eigenvalue weighted by Crippen LogP contribution is -2.27. The molecule has 2 atom stereocenters. The van der Waals surface area contributed by atoms with Gasteiger partial charge in [0.25, 0.3) is 0 Å². The number of aromatic nitrogens is 2. The minimum atomic E-state index is -0.990. The van der Waals surface area contributed by atoms with Crippen LogP contribution in [0.3, 0.4) is 0 Å². The number of rotatable bonds is 4. The standard InChI is InChI=1S/C12H15N3O3/c1-7-14-12(15-18-7)9-4-2-8(3-5-9)11(17)10(16)6-13/h2-5,10-11,16-17H,6,13H2,1H3. The van der Waals surface area contributed by atoms with Crippen LogP contribution in [0.2, 0.25) is 0 Å². The fourth-order valence-electron chi connectivity index (χ4n) is 1.60. The highest BCUT2D eigenvalue weighted by Gasteiger charge is 2.16. The van der Waals surface area contributed by atoms with Crippen LogP contribution in [0.5, 0.6) is 0 Å². The molecule has 0 aliphatic heterocycles. The van der Waals surface area contributed by atoms with Crippen LogP contribution in [0.15, 0.2) is 28.8 Å². The third kappa shape index (κ3) is 2.56. The van der Waals surface area contributed by atoms with E-state index >= 15 is 0 Å². The van der Waals surface area contributed by atoms with Crippen LogP contribution in [-0.4, -0.2) is 33.0 Å². The molecule has 0 bridgehead atoms. The molecule has 2 rings (SSSR count). The van der Waals surface area contributed by atoms with Crippen LogP contribution in [0.4, 0.5) is 0 Å². The van der Waals surface area contributed by atoms with Crippen LogP contribution in [0.25, 0.3) is 11.4 Å². The Hall–Kier alpha value is -1.76. The first kappa shape index (κ1) is 12.7. The van der Waals surface area contributed by atoms with Gasteiger partial charge in [-0.25, -0.2) is 0 Å². The molecule has 1 aromatic carbocycles. The number of nitrogens with two attached hydrogens (primary N) is 1.